The summed E-state index contributed by atoms with van der Waals surface area (Å²) in [4.78, 5) is 33.2. The number of carbonyl (C=O) groups is 1. The minimum absolute atomic E-state index is 0.0333. The molecule has 5 nitrogen and oxygen atoms in total. The first-order valence-electron chi connectivity index (χ1n) is 7.33. The van der Waals surface area contributed by atoms with E-state index < -0.39 is 0 Å². The van der Waals surface area contributed by atoms with Crippen LogP contribution in [-0.2, 0) is 29.0 Å². The number of hydrogen-bond acceptors (Lipinski definition) is 5. The Morgan fingerprint density at radius 1 is 1.48 bits per heavy atom. The van der Waals surface area contributed by atoms with E-state index in [4.69, 9.17) is 4.74 Å². The second-order valence-electron chi connectivity index (χ2n) is 5.98. The highest BCUT2D eigenvalue weighted by atomic mass is 32.1. The lowest BCUT2D eigenvalue weighted by Gasteiger charge is -2.04. The Balaban J connectivity index is 1.59. The van der Waals surface area contributed by atoms with Gasteiger partial charge in [-0.15, -0.1) is 11.3 Å². The van der Waals surface area contributed by atoms with Gasteiger partial charge in [-0.25, -0.2) is 4.98 Å². The maximum absolute atomic E-state index is 12.2. The molecule has 1 saturated carbocycles. The quantitative estimate of drug-likeness (QED) is 0.882. The van der Waals surface area contributed by atoms with Gasteiger partial charge in [0, 0.05) is 4.88 Å². The van der Waals surface area contributed by atoms with Crippen LogP contribution in [-0.4, -0.2) is 15.9 Å². The van der Waals surface area contributed by atoms with Crippen LogP contribution in [0.3, 0.4) is 0 Å². The summed E-state index contributed by atoms with van der Waals surface area (Å²) in [6.07, 6.45) is 4.03. The Kier molecular flexibility index (Phi) is 2.89. The number of nitrogens with one attached hydrogen (secondary N) is 1. The van der Waals surface area contributed by atoms with Gasteiger partial charge < -0.3 is 9.72 Å². The molecule has 2 aromatic heterocycles. The molecule has 1 fully saturated rings. The Labute approximate surface area is 125 Å². The Morgan fingerprint density at radius 2 is 2.29 bits per heavy atom. The molecule has 2 aliphatic carbocycles. The molecule has 1 N–H and O–H groups in total. The van der Waals surface area contributed by atoms with Crippen molar-refractivity contribution in [2.75, 3.05) is 0 Å². The molecule has 4 rings (SSSR count). The zero-order chi connectivity index (χ0) is 14.6. The van der Waals surface area contributed by atoms with Crippen LogP contribution in [0.1, 0.15) is 36.0 Å². The van der Waals surface area contributed by atoms with Crippen LogP contribution in [0.4, 0.5) is 0 Å². The average Bonchev–Trinajstić information content (AvgIpc) is 2.85. The van der Waals surface area contributed by atoms with Crippen LogP contribution in [0.25, 0.3) is 10.2 Å². The van der Waals surface area contributed by atoms with Gasteiger partial charge in [0.15, 0.2) is 0 Å². The monoisotopic (exact) mass is 304 g/mol. The second-order valence-corrected chi connectivity index (χ2v) is 7.06. The summed E-state index contributed by atoms with van der Waals surface area (Å²) in [7, 11) is 0. The Bertz CT molecular complexity index is 792. The summed E-state index contributed by atoms with van der Waals surface area (Å²) in [5.74, 6) is 0.714. The standard InChI is InChI=1S/C15H16N2O3S/c1-7-5-9(7)15(19)20-6-11-16-13(18)12-8-3-2-4-10(8)21-14(12)17-11/h7,9H,2-6H2,1H3,(H,16,17,18)/t7-,9-/m1/s1. The van der Waals surface area contributed by atoms with Crippen LogP contribution >= 0.6 is 11.3 Å². The summed E-state index contributed by atoms with van der Waals surface area (Å²) in [6.45, 7) is 2.08. The van der Waals surface area contributed by atoms with Crippen molar-refractivity contribution >= 4 is 27.5 Å². The Morgan fingerprint density at radius 3 is 3.05 bits per heavy atom. The molecular weight excluding hydrogens is 288 g/mol. The number of aryl methyl sites for hydroxylation is 2. The first-order valence-corrected chi connectivity index (χ1v) is 8.15. The lowest BCUT2D eigenvalue weighted by atomic mass is 10.2. The van der Waals surface area contributed by atoms with E-state index in [0.717, 1.165) is 35.9 Å². The fourth-order valence-corrected chi connectivity index (χ4v) is 4.29. The summed E-state index contributed by atoms with van der Waals surface area (Å²) in [5, 5.41) is 0.735. The zero-order valence-electron chi connectivity index (χ0n) is 11.8. The first-order chi connectivity index (χ1) is 10.1. The van der Waals surface area contributed by atoms with Crippen molar-refractivity contribution in [3.8, 4) is 0 Å². The van der Waals surface area contributed by atoms with Gasteiger partial charge in [0.05, 0.1) is 11.3 Å². The van der Waals surface area contributed by atoms with Gasteiger partial charge in [-0.2, -0.15) is 0 Å². The molecule has 0 spiro atoms. The lowest BCUT2D eigenvalue weighted by Crippen LogP contribution is -2.15. The van der Waals surface area contributed by atoms with Crippen molar-refractivity contribution in [2.24, 2.45) is 11.8 Å². The van der Waals surface area contributed by atoms with Crippen molar-refractivity contribution < 1.29 is 9.53 Å². The van der Waals surface area contributed by atoms with Crippen molar-refractivity contribution in [2.45, 2.75) is 39.2 Å². The molecule has 21 heavy (non-hydrogen) atoms. The molecule has 2 heterocycles. The number of nitrogens with zero attached hydrogens (tertiary/aromatic N) is 1. The molecule has 0 aliphatic heterocycles. The molecule has 6 heteroatoms. The number of carbonyl (C=O) groups excluding carboxylic acids is 1. The topological polar surface area (TPSA) is 72.0 Å². The van der Waals surface area contributed by atoms with Crippen LogP contribution in [0.5, 0.6) is 0 Å². The third-order valence-electron chi connectivity index (χ3n) is 4.39. The van der Waals surface area contributed by atoms with Crippen LogP contribution in [0, 0.1) is 11.8 Å². The van der Waals surface area contributed by atoms with Crippen molar-refractivity contribution in [3.05, 3.63) is 26.6 Å². The molecule has 0 unspecified atom stereocenters. The predicted molar refractivity (Wildman–Crippen MR) is 79.3 cm³/mol. The number of fused-ring (bicyclic) bond motifs is 3. The highest BCUT2D eigenvalue weighted by Gasteiger charge is 2.40. The molecule has 2 aromatic rings. The molecule has 0 bridgehead atoms. The van der Waals surface area contributed by atoms with E-state index in [9.17, 15) is 9.59 Å². The van der Waals surface area contributed by atoms with E-state index in [1.54, 1.807) is 11.3 Å². The second kappa shape index (κ2) is 4.66. The fourth-order valence-electron chi connectivity index (χ4n) is 3.01. The van der Waals surface area contributed by atoms with Gasteiger partial charge in [0.25, 0.3) is 5.56 Å². The number of thiophene rings is 1. The van der Waals surface area contributed by atoms with Gasteiger partial charge in [-0.3, -0.25) is 9.59 Å². The Hall–Kier alpha value is -1.69. The fraction of sp³-hybridized carbons (Fsp3) is 0.533. The number of hydrogen-bond donors (Lipinski definition) is 1. The van der Waals surface area contributed by atoms with Crippen molar-refractivity contribution in [3.63, 3.8) is 0 Å². The number of aromatic nitrogens is 2. The molecule has 110 valence electrons. The molecule has 2 atom stereocenters. The van der Waals surface area contributed by atoms with Crippen LogP contribution < -0.4 is 5.56 Å². The normalized spacial score (nSPS) is 23.3. The number of rotatable bonds is 3. The molecule has 0 aromatic carbocycles. The highest BCUT2D eigenvalue weighted by Crippen LogP contribution is 2.38. The number of H-pyrrole nitrogens is 1. The van der Waals surface area contributed by atoms with Gasteiger partial charge >= 0.3 is 5.97 Å². The number of esters is 1. The number of ether oxygens (including phenoxy) is 1. The van der Waals surface area contributed by atoms with Gasteiger partial charge in [-0.05, 0) is 37.2 Å². The summed E-state index contributed by atoms with van der Waals surface area (Å²) < 4.78 is 5.24. The molecule has 0 saturated heterocycles. The lowest BCUT2D eigenvalue weighted by molar-refractivity contribution is -0.147. The highest BCUT2D eigenvalue weighted by molar-refractivity contribution is 7.18. The van der Waals surface area contributed by atoms with E-state index in [1.807, 2.05) is 6.92 Å². The largest absolute Gasteiger partial charge is 0.457 e. The summed E-state index contributed by atoms with van der Waals surface area (Å²) in [5.41, 5.74) is 1.06. The van der Waals surface area contributed by atoms with E-state index in [-0.39, 0.29) is 24.1 Å². The average molecular weight is 304 g/mol. The first kappa shape index (κ1) is 13.0. The molecular formula is C15H16N2O3S. The SMILES string of the molecule is C[C@@H]1C[C@H]1C(=O)OCc1nc2sc3c(c2c(=O)[nH]1)CCC3. The van der Waals surface area contributed by atoms with E-state index in [2.05, 4.69) is 9.97 Å². The summed E-state index contributed by atoms with van der Waals surface area (Å²) in [6, 6.07) is 0. The maximum Gasteiger partial charge on any atom is 0.309 e. The van der Waals surface area contributed by atoms with Crippen LogP contribution in [0.2, 0.25) is 0 Å². The summed E-state index contributed by atoms with van der Waals surface area (Å²) >= 11 is 1.60. The molecule has 2 aliphatic rings. The van der Waals surface area contributed by atoms with Crippen LogP contribution in [0.15, 0.2) is 4.79 Å². The van der Waals surface area contributed by atoms with Crippen molar-refractivity contribution in [1.29, 1.82) is 0 Å². The number of aromatic amines is 1. The predicted octanol–water partition coefficient (Wildman–Crippen LogP) is 2.17. The van der Waals surface area contributed by atoms with Gasteiger partial charge in [0.2, 0.25) is 0 Å². The minimum atomic E-state index is -0.182. The minimum Gasteiger partial charge on any atom is -0.457 e. The van der Waals surface area contributed by atoms with E-state index in [1.165, 1.54) is 10.4 Å². The van der Waals surface area contributed by atoms with Crippen molar-refractivity contribution in [1.82, 2.24) is 9.97 Å². The smallest absolute Gasteiger partial charge is 0.309 e. The molecule has 0 radical (unpaired) electrons. The van der Waals surface area contributed by atoms with Gasteiger partial charge in [-0.1, -0.05) is 6.92 Å². The zero-order valence-corrected chi connectivity index (χ0v) is 12.6. The maximum atomic E-state index is 12.2. The van der Waals surface area contributed by atoms with Gasteiger partial charge in [0.1, 0.15) is 17.3 Å². The molecule has 0 amide bonds. The van der Waals surface area contributed by atoms with E-state index in [0.29, 0.717) is 11.7 Å². The third kappa shape index (κ3) is 2.18. The van der Waals surface area contributed by atoms with E-state index >= 15 is 0 Å². The third-order valence-corrected chi connectivity index (χ3v) is 5.57.